The van der Waals surface area contributed by atoms with E-state index in [2.05, 4.69) is 93.5 Å². The monoisotopic (exact) mass is 453 g/mol. The third kappa shape index (κ3) is 3.45. The van der Waals surface area contributed by atoms with Crippen molar-refractivity contribution in [3.05, 3.63) is 81.5 Å². The molecule has 0 spiro atoms. The molecule has 2 aromatic carbocycles. The summed E-state index contributed by atoms with van der Waals surface area (Å²) >= 11 is 12.7. The Morgan fingerprint density at radius 1 is 0.903 bits per heavy atom. The van der Waals surface area contributed by atoms with Crippen molar-refractivity contribution in [3.8, 4) is 0 Å². The molecule has 0 N–H and O–H groups in total. The first-order chi connectivity index (χ1) is 14.6. The Kier molecular flexibility index (Phi) is 5.60. The van der Waals surface area contributed by atoms with Gasteiger partial charge in [0, 0.05) is 51.1 Å². The standard InChI is InChI=1S/C27H31Cl2N2/c1-7-30-22-14-12-18(28)16-20(22)26(3,4)24(30)10-9-11-25-27(5,6)21-17-19(29)13-15-23(21)31(25)8-2/h9-17H,7-8H2,1-6H3/q+1. The van der Waals surface area contributed by atoms with Gasteiger partial charge in [0.25, 0.3) is 0 Å². The normalized spacial score (nSPS) is 20.1. The van der Waals surface area contributed by atoms with Crippen molar-refractivity contribution in [2.24, 2.45) is 0 Å². The molecule has 2 aromatic rings. The molecule has 0 radical (unpaired) electrons. The van der Waals surface area contributed by atoms with E-state index < -0.39 is 0 Å². The zero-order chi connectivity index (χ0) is 22.6. The first-order valence-electron chi connectivity index (χ1n) is 11.0. The lowest BCUT2D eigenvalue weighted by molar-refractivity contribution is -0.433. The van der Waals surface area contributed by atoms with Crippen LogP contribution in [0.1, 0.15) is 52.7 Å². The smallest absolute Gasteiger partial charge is 0.209 e. The van der Waals surface area contributed by atoms with E-state index in [0.29, 0.717) is 0 Å². The molecule has 0 saturated heterocycles. The number of benzene rings is 2. The predicted octanol–water partition coefficient (Wildman–Crippen LogP) is 7.65. The van der Waals surface area contributed by atoms with Crippen LogP contribution in [-0.2, 0) is 10.8 Å². The Morgan fingerprint density at radius 3 is 2.19 bits per heavy atom. The molecule has 0 aromatic heterocycles. The van der Waals surface area contributed by atoms with Crippen molar-refractivity contribution in [1.82, 2.24) is 0 Å². The van der Waals surface area contributed by atoms with Gasteiger partial charge < -0.3 is 4.90 Å². The molecule has 2 heterocycles. The Morgan fingerprint density at radius 2 is 1.55 bits per heavy atom. The summed E-state index contributed by atoms with van der Waals surface area (Å²) in [4.78, 5) is 2.40. The lowest BCUT2D eigenvalue weighted by Crippen LogP contribution is -2.28. The number of hydrogen-bond acceptors (Lipinski definition) is 1. The van der Waals surface area contributed by atoms with Crippen LogP contribution in [-0.4, -0.2) is 23.4 Å². The van der Waals surface area contributed by atoms with E-state index in [1.54, 1.807) is 0 Å². The van der Waals surface area contributed by atoms with Gasteiger partial charge in [-0.25, -0.2) is 0 Å². The molecule has 162 valence electrons. The molecule has 0 saturated carbocycles. The van der Waals surface area contributed by atoms with Gasteiger partial charge in [0.1, 0.15) is 6.54 Å². The zero-order valence-electron chi connectivity index (χ0n) is 19.3. The Balaban J connectivity index is 1.75. The quantitative estimate of drug-likeness (QED) is 0.430. The Hall–Kier alpha value is -2.03. The number of allylic oxidation sites excluding steroid dienone is 4. The molecule has 2 aliphatic rings. The molecule has 2 aliphatic heterocycles. The molecule has 0 aliphatic carbocycles. The highest BCUT2D eigenvalue weighted by molar-refractivity contribution is 6.31. The van der Waals surface area contributed by atoms with Gasteiger partial charge in [-0.3, -0.25) is 0 Å². The van der Waals surface area contributed by atoms with E-state index >= 15 is 0 Å². The SMILES string of the molecule is CCN1C(=CC=CC2=[N+](CC)c3ccc(Cl)cc3C2(C)C)C(C)(C)c2cc(Cl)ccc21. The second-order valence-corrected chi connectivity index (χ2v) is 10.2. The van der Waals surface area contributed by atoms with Crippen LogP contribution in [0.3, 0.4) is 0 Å². The van der Waals surface area contributed by atoms with Crippen molar-refractivity contribution in [3.63, 3.8) is 0 Å². The summed E-state index contributed by atoms with van der Waals surface area (Å²) in [7, 11) is 0. The highest BCUT2D eigenvalue weighted by Crippen LogP contribution is 2.48. The Bertz CT molecular complexity index is 1140. The van der Waals surface area contributed by atoms with E-state index in [0.717, 1.165) is 23.1 Å². The van der Waals surface area contributed by atoms with E-state index in [-0.39, 0.29) is 10.8 Å². The lowest BCUT2D eigenvalue weighted by atomic mass is 9.81. The molecule has 4 rings (SSSR count). The van der Waals surface area contributed by atoms with E-state index in [1.807, 2.05) is 12.1 Å². The van der Waals surface area contributed by atoms with Gasteiger partial charge in [-0.1, -0.05) is 43.1 Å². The van der Waals surface area contributed by atoms with Gasteiger partial charge in [0.15, 0.2) is 5.71 Å². The fraction of sp³-hybridized carbons (Fsp3) is 0.370. The van der Waals surface area contributed by atoms with Crippen LogP contribution < -0.4 is 4.90 Å². The van der Waals surface area contributed by atoms with Crippen molar-refractivity contribution in [2.75, 3.05) is 18.0 Å². The predicted molar refractivity (Wildman–Crippen MR) is 135 cm³/mol. The summed E-state index contributed by atoms with van der Waals surface area (Å²) in [6.45, 7) is 15.4. The minimum Gasteiger partial charge on any atom is -0.344 e. The van der Waals surface area contributed by atoms with E-state index in [1.165, 1.54) is 33.9 Å². The minimum absolute atomic E-state index is 0.0998. The van der Waals surface area contributed by atoms with Crippen molar-refractivity contribution < 1.29 is 4.58 Å². The van der Waals surface area contributed by atoms with Gasteiger partial charge in [-0.2, -0.15) is 4.58 Å². The van der Waals surface area contributed by atoms with Crippen molar-refractivity contribution in [2.45, 2.75) is 52.4 Å². The van der Waals surface area contributed by atoms with Crippen LogP contribution in [0.15, 0.2) is 60.3 Å². The van der Waals surface area contributed by atoms with Crippen LogP contribution in [0, 0.1) is 0 Å². The molecule has 0 atom stereocenters. The van der Waals surface area contributed by atoms with Crippen LogP contribution in [0.5, 0.6) is 0 Å². The molecule has 0 unspecified atom stereocenters. The van der Waals surface area contributed by atoms with Gasteiger partial charge in [0.05, 0.1) is 5.41 Å². The second kappa shape index (κ2) is 7.83. The maximum absolute atomic E-state index is 6.33. The average Bonchev–Trinajstić information content (AvgIpc) is 3.06. The molecule has 0 bridgehead atoms. The maximum Gasteiger partial charge on any atom is 0.209 e. The molecular formula is C27H31Cl2N2+. The van der Waals surface area contributed by atoms with Crippen LogP contribution in [0.2, 0.25) is 10.0 Å². The summed E-state index contributed by atoms with van der Waals surface area (Å²) in [5.74, 6) is 0. The van der Waals surface area contributed by atoms with E-state index in [9.17, 15) is 0 Å². The van der Waals surface area contributed by atoms with Crippen molar-refractivity contribution in [1.29, 1.82) is 0 Å². The first-order valence-corrected chi connectivity index (χ1v) is 11.8. The number of hydrogen-bond donors (Lipinski definition) is 0. The number of halogens is 2. The van der Waals surface area contributed by atoms with Crippen LogP contribution in [0.25, 0.3) is 0 Å². The maximum atomic E-state index is 6.33. The summed E-state index contributed by atoms with van der Waals surface area (Å²) in [6.07, 6.45) is 6.75. The van der Waals surface area contributed by atoms with Gasteiger partial charge in [-0.05, 0) is 69.7 Å². The number of likely N-dealkylation sites (N-methyl/N-ethyl adjacent to an activating group) is 1. The molecule has 4 heteroatoms. The molecule has 0 fully saturated rings. The third-order valence-corrected chi connectivity index (χ3v) is 7.32. The summed E-state index contributed by atoms with van der Waals surface area (Å²) < 4.78 is 2.40. The third-order valence-electron chi connectivity index (χ3n) is 6.85. The van der Waals surface area contributed by atoms with Crippen molar-refractivity contribution >= 4 is 40.3 Å². The zero-order valence-corrected chi connectivity index (χ0v) is 20.8. The molecule has 0 amide bonds. The first kappa shape index (κ1) is 22.2. The molecule has 2 nitrogen and oxygen atoms in total. The number of fused-ring (bicyclic) bond motifs is 2. The topological polar surface area (TPSA) is 6.25 Å². The van der Waals surface area contributed by atoms with E-state index in [4.69, 9.17) is 23.2 Å². The van der Waals surface area contributed by atoms with Gasteiger partial charge in [-0.15, -0.1) is 0 Å². The Labute approximate surface area is 196 Å². The van der Waals surface area contributed by atoms with Gasteiger partial charge >= 0.3 is 0 Å². The average molecular weight is 454 g/mol. The van der Waals surface area contributed by atoms with Gasteiger partial charge in [0.2, 0.25) is 5.69 Å². The fourth-order valence-electron chi connectivity index (χ4n) is 5.21. The fourth-order valence-corrected chi connectivity index (χ4v) is 5.55. The summed E-state index contributed by atoms with van der Waals surface area (Å²) in [6, 6.07) is 12.5. The highest BCUT2D eigenvalue weighted by atomic mass is 35.5. The lowest BCUT2D eigenvalue weighted by Gasteiger charge is -2.25. The number of rotatable bonds is 4. The second-order valence-electron chi connectivity index (χ2n) is 9.36. The summed E-state index contributed by atoms with van der Waals surface area (Å²) in [5, 5.41) is 1.58. The minimum atomic E-state index is -0.0998. The van der Waals surface area contributed by atoms with Crippen LogP contribution >= 0.6 is 23.2 Å². The number of anilines is 1. The molecule has 31 heavy (non-hydrogen) atoms. The molecular weight excluding hydrogens is 423 g/mol. The largest absolute Gasteiger partial charge is 0.344 e. The number of nitrogens with zero attached hydrogens (tertiary/aromatic N) is 2. The highest BCUT2D eigenvalue weighted by Gasteiger charge is 2.44. The van der Waals surface area contributed by atoms with Crippen LogP contribution in [0.4, 0.5) is 11.4 Å². The summed E-state index contributed by atoms with van der Waals surface area (Å²) in [5.41, 5.74) is 7.46.